The second-order valence-electron chi connectivity index (χ2n) is 2.50. The van der Waals surface area contributed by atoms with Gasteiger partial charge >= 0.3 is 35.5 Å². The van der Waals surface area contributed by atoms with Gasteiger partial charge in [-0.1, -0.05) is 6.07 Å². The number of nitro groups is 1. The predicted octanol–water partition coefficient (Wildman–Crippen LogP) is -0.852. The number of nitrogens with zero attached hydrogens (tertiary/aromatic N) is 1. The van der Waals surface area contributed by atoms with Gasteiger partial charge in [-0.25, -0.2) is 4.79 Å². The van der Waals surface area contributed by atoms with Crippen LogP contribution in [0.3, 0.4) is 0 Å². The van der Waals surface area contributed by atoms with Crippen LogP contribution in [0.4, 0.5) is 5.69 Å². The van der Waals surface area contributed by atoms with E-state index >= 15 is 0 Å². The van der Waals surface area contributed by atoms with Gasteiger partial charge in [-0.3, -0.25) is 10.1 Å². The molecule has 0 fully saturated rings. The van der Waals surface area contributed by atoms with E-state index in [2.05, 4.69) is 0 Å². The van der Waals surface area contributed by atoms with Crippen LogP contribution >= 0.6 is 11.6 Å². The van der Waals surface area contributed by atoms with Crippen molar-refractivity contribution in [1.29, 1.82) is 0 Å². The van der Waals surface area contributed by atoms with Crippen molar-refractivity contribution >= 4 is 23.3 Å². The van der Waals surface area contributed by atoms with Crippen LogP contribution in [0.2, 0.25) is 0 Å². The predicted molar refractivity (Wildman–Crippen MR) is 50.7 cm³/mol. The minimum atomic E-state index is -1.22. The van der Waals surface area contributed by atoms with Gasteiger partial charge in [-0.2, -0.15) is 0 Å². The molecule has 0 spiro atoms. The fraction of sp³-hybridized carbons (Fsp3) is 0.125. The van der Waals surface area contributed by atoms with Crippen molar-refractivity contribution in [3.05, 3.63) is 39.4 Å². The molecule has 0 saturated carbocycles. The van der Waals surface area contributed by atoms with Crippen molar-refractivity contribution in [2.45, 2.75) is 5.88 Å². The van der Waals surface area contributed by atoms with E-state index in [9.17, 15) is 14.9 Å². The number of halogens is 1. The number of hydrogen-bond acceptors (Lipinski definition) is 3. The maximum absolute atomic E-state index is 10.7. The number of rotatable bonds is 3. The summed E-state index contributed by atoms with van der Waals surface area (Å²) in [6, 6.07) is 3.83. The summed E-state index contributed by atoms with van der Waals surface area (Å²) in [4.78, 5) is 20.5. The summed E-state index contributed by atoms with van der Waals surface area (Å²) in [5, 5.41) is 19.2. The normalized spacial score (nSPS) is 9.13. The molecule has 76 valence electrons. The molecule has 0 bridgehead atoms. The minimum Gasteiger partial charge on any atom is -1.00 e. The first-order valence-electron chi connectivity index (χ1n) is 3.63. The number of aromatic carboxylic acids is 1. The quantitative estimate of drug-likeness (QED) is 0.322. The fourth-order valence-corrected chi connectivity index (χ4v) is 1.37. The molecule has 0 saturated heterocycles. The maximum atomic E-state index is 10.7. The van der Waals surface area contributed by atoms with E-state index in [4.69, 9.17) is 16.7 Å². The average molecular weight is 240 g/mol. The Balaban J connectivity index is 0. The molecule has 15 heavy (non-hydrogen) atoms. The van der Waals surface area contributed by atoms with Gasteiger partial charge in [0.15, 0.2) is 0 Å². The molecule has 0 aliphatic heterocycles. The van der Waals surface area contributed by atoms with Crippen LogP contribution < -0.4 is 29.6 Å². The smallest absolute Gasteiger partial charge is 1.00 e. The molecule has 0 unspecified atom stereocenters. The zero-order chi connectivity index (χ0) is 10.7. The first-order chi connectivity index (χ1) is 6.57. The van der Waals surface area contributed by atoms with Gasteiger partial charge in [0.25, 0.3) is 5.69 Å². The molecule has 1 aromatic carbocycles. The van der Waals surface area contributed by atoms with E-state index < -0.39 is 10.9 Å². The molecule has 0 aliphatic carbocycles. The van der Waals surface area contributed by atoms with Crippen LogP contribution in [-0.4, -0.2) is 16.0 Å². The standard InChI is InChI=1S/C8H6ClNO4.Na.H/c9-4-6-5(8(11)12)2-1-3-7(6)10(13)14;;/h1-3H,4H2,(H,11,12);;/q;+1;-1. The van der Waals surface area contributed by atoms with Gasteiger partial charge in [0, 0.05) is 6.07 Å². The number of hydrogen-bond donors (Lipinski definition) is 1. The van der Waals surface area contributed by atoms with Gasteiger partial charge in [-0.15, -0.1) is 11.6 Å². The number of benzene rings is 1. The first-order valence-corrected chi connectivity index (χ1v) is 4.17. The summed E-state index contributed by atoms with van der Waals surface area (Å²) in [6.07, 6.45) is 0. The minimum absolute atomic E-state index is 0. The van der Waals surface area contributed by atoms with E-state index in [1.807, 2.05) is 0 Å². The second kappa shape index (κ2) is 6.07. The van der Waals surface area contributed by atoms with Crippen LogP contribution in [0.15, 0.2) is 18.2 Å². The van der Waals surface area contributed by atoms with Crippen molar-refractivity contribution in [2.24, 2.45) is 0 Å². The van der Waals surface area contributed by atoms with Gasteiger partial charge in [0.2, 0.25) is 0 Å². The summed E-state index contributed by atoms with van der Waals surface area (Å²) in [6.45, 7) is 0. The largest absolute Gasteiger partial charge is 1.00 e. The molecule has 0 amide bonds. The van der Waals surface area contributed by atoms with Gasteiger partial charge < -0.3 is 6.53 Å². The molecule has 1 rings (SSSR count). The van der Waals surface area contributed by atoms with Gasteiger partial charge in [-0.05, 0) is 6.07 Å². The molecular weight excluding hydrogens is 233 g/mol. The number of nitro benzene ring substituents is 1. The molecule has 5 nitrogen and oxygen atoms in total. The molecule has 7 heteroatoms. The van der Waals surface area contributed by atoms with Crippen LogP contribution in [0.1, 0.15) is 17.3 Å². The Morgan fingerprint density at radius 2 is 2.20 bits per heavy atom. The number of carbonyl (C=O) groups is 1. The fourth-order valence-electron chi connectivity index (χ4n) is 1.09. The Labute approximate surface area is 114 Å². The molecular formula is C8H7ClNNaO4. The Hall–Kier alpha value is -0.620. The van der Waals surface area contributed by atoms with Crippen LogP contribution in [0.5, 0.6) is 0 Å². The van der Waals surface area contributed by atoms with E-state index in [1.54, 1.807) is 0 Å². The monoisotopic (exact) mass is 239 g/mol. The van der Waals surface area contributed by atoms with Crippen LogP contribution in [0.25, 0.3) is 0 Å². The second-order valence-corrected chi connectivity index (χ2v) is 2.77. The third-order valence-corrected chi connectivity index (χ3v) is 1.98. The van der Waals surface area contributed by atoms with Crippen molar-refractivity contribution in [3.8, 4) is 0 Å². The Morgan fingerprint density at radius 1 is 1.60 bits per heavy atom. The SMILES string of the molecule is O=C(O)c1cccc([N+](=O)[O-])c1CCl.[H-].[Na+]. The molecule has 0 aromatic heterocycles. The van der Waals surface area contributed by atoms with E-state index in [0.29, 0.717) is 0 Å². The Kier molecular flexibility index (Phi) is 5.82. The first kappa shape index (κ1) is 14.4. The summed E-state index contributed by atoms with van der Waals surface area (Å²) >= 11 is 5.46. The van der Waals surface area contributed by atoms with Crippen LogP contribution in [0, 0.1) is 10.1 Å². The molecule has 0 aliphatic rings. The zero-order valence-corrected chi connectivity index (χ0v) is 10.7. The van der Waals surface area contributed by atoms with E-state index in [-0.39, 0.29) is 53.7 Å². The van der Waals surface area contributed by atoms with Crippen molar-refractivity contribution in [3.63, 3.8) is 0 Å². The van der Waals surface area contributed by atoms with E-state index in [1.165, 1.54) is 18.2 Å². The number of alkyl halides is 1. The summed E-state index contributed by atoms with van der Waals surface area (Å²) in [7, 11) is 0. The van der Waals surface area contributed by atoms with Gasteiger partial charge in [0.1, 0.15) is 0 Å². The number of carboxylic acid groups (broad SMARTS) is 1. The molecule has 0 atom stereocenters. The maximum Gasteiger partial charge on any atom is 1.00 e. The summed E-state index contributed by atoms with van der Waals surface area (Å²) in [5.74, 6) is -1.41. The Morgan fingerprint density at radius 3 is 2.60 bits per heavy atom. The molecule has 1 aromatic rings. The van der Waals surface area contributed by atoms with Crippen LogP contribution in [-0.2, 0) is 5.88 Å². The average Bonchev–Trinajstić information content (AvgIpc) is 2.16. The zero-order valence-electron chi connectivity index (χ0n) is 8.94. The molecule has 0 heterocycles. The van der Waals surface area contributed by atoms with Gasteiger partial charge in [0.05, 0.1) is 21.9 Å². The summed E-state index contributed by atoms with van der Waals surface area (Å²) in [5.41, 5.74) is -0.360. The molecule has 1 N–H and O–H groups in total. The van der Waals surface area contributed by atoms with Crippen molar-refractivity contribution in [1.82, 2.24) is 0 Å². The third-order valence-electron chi connectivity index (χ3n) is 1.71. The Bertz CT molecular complexity index is 369. The topological polar surface area (TPSA) is 80.4 Å². The molecule has 0 radical (unpaired) electrons. The summed E-state index contributed by atoms with van der Waals surface area (Å²) < 4.78 is 0. The van der Waals surface area contributed by atoms with Crippen molar-refractivity contribution < 1.29 is 45.8 Å². The van der Waals surface area contributed by atoms with Crippen molar-refractivity contribution in [2.75, 3.05) is 0 Å². The number of carboxylic acids is 1. The third kappa shape index (κ3) is 3.17. The van der Waals surface area contributed by atoms with E-state index in [0.717, 1.165) is 0 Å².